The third kappa shape index (κ3) is 3.64. The summed E-state index contributed by atoms with van der Waals surface area (Å²) in [6, 6.07) is 4.97. The second kappa shape index (κ2) is 6.10. The van der Waals surface area contributed by atoms with Crippen molar-refractivity contribution in [2.45, 2.75) is 13.0 Å². The van der Waals surface area contributed by atoms with Gasteiger partial charge in [0.15, 0.2) is 0 Å². The summed E-state index contributed by atoms with van der Waals surface area (Å²) in [4.78, 5) is 11.7. The van der Waals surface area contributed by atoms with E-state index in [4.69, 9.17) is 9.47 Å². The summed E-state index contributed by atoms with van der Waals surface area (Å²) in [7, 11) is 4.86. The highest BCUT2D eigenvalue weighted by Gasteiger charge is 2.11. The van der Waals surface area contributed by atoms with Crippen molar-refractivity contribution >= 4 is 11.6 Å². The lowest BCUT2D eigenvalue weighted by Gasteiger charge is -2.13. The van der Waals surface area contributed by atoms with E-state index in [1.807, 2.05) is 0 Å². The van der Waals surface area contributed by atoms with Crippen molar-refractivity contribution in [3.05, 3.63) is 18.2 Å². The summed E-state index contributed by atoms with van der Waals surface area (Å²) in [6.07, 6.45) is 0. The number of carbonyl (C=O) groups excluding carboxylic acids is 1. The number of anilines is 1. The highest BCUT2D eigenvalue weighted by Crippen LogP contribution is 2.25. The summed E-state index contributed by atoms with van der Waals surface area (Å²) in [5.74, 6) is 1.16. The minimum absolute atomic E-state index is 0.109. The van der Waals surface area contributed by atoms with Crippen LogP contribution >= 0.6 is 0 Å². The topological polar surface area (TPSA) is 59.6 Å². The lowest BCUT2D eigenvalue weighted by molar-refractivity contribution is -0.117. The first-order chi connectivity index (χ1) is 8.10. The predicted molar refractivity (Wildman–Crippen MR) is 66.7 cm³/mol. The Morgan fingerprint density at radius 3 is 2.12 bits per heavy atom. The Kier molecular flexibility index (Phi) is 4.78. The van der Waals surface area contributed by atoms with Gasteiger partial charge in [-0.3, -0.25) is 4.79 Å². The Morgan fingerprint density at radius 2 is 1.71 bits per heavy atom. The number of hydrogen-bond donors (Lipinski definition) is 2. The molecule has 1 rings (SSSR count). The van der Waals surface area contributed by atoms with Crippen LogP contribution in [0.4, 0.5) is 5.69 Å². The van der Waals surface area contributed by atoms with Crippen LogP contribution in [0, 0.1) is 0 Å². The molecule has 1 amide bonds. The number of methoxy groups -OCH3 is 2. The molecule has 1 unspecified atom stereocenters. The van der Waals surface area contributed by atoms with Crippen LogP contribution in [0.15, 0.2) is 18.2 Å². The Balaban J connectivity index is 2.86. The van der Waals surface area contributed by atoms with Crippen LogP contribution < -0.4 is 20.1 Å². The molecule has 0 aliphatic rings. The molecule has 17 heavy (non-hydrogen) atoms. The number of likely N-dealkylation sites (N-methyl/N-ethyl adjacent to an activating group) is 1. The van der Waals surface area contributed by atoms with Crippen molar-refractivity contribution < 1.29 is 14.3 Å². The maximum absolute atomic E-state index is 11.7. The van der Waals surface area contributed by atoms with Crippen LogP contribution in [-0.4, -0.2) is 33.2 Å². The molecule has 5 heteroatoms. The normalized spacial score (nSPS) is 11.8. The average molecular weight is 238 g/mol. The fourth-order valence-electron chi connectivity index (χ4n) is 1.26. The van der Waals surface area contributed by atoms with E-state index in [0.29, 0.717) is 17.2 Å². The highest BCUT2D eigenvalue weighted by molar-refractivity contribution is 5.94. The Morgan fingerprint density at radius 1 is 1.18 bits per heavy atom. The van der Waals surface area contributed by atoms with Crippen molar-refractivity contribution in [2.24, 2.45) is 0 Å². The fourth-order valence-corrected chi connectivity index (χ4v) is 1.26. The molecule has 94 valence electrons. The minimum atomic E-state index is -0.257. The van der Waals surface area contributed by atoms with Gasteiger partial charge in [0, 0.05) is 23.9 Å². The van der Waals surface area contributed by atoms with E-state index in [9.17, 15) is 4.79 Å². The van der Waals surface area contributed by atoms with E-state index in [2.05, 4.69) is 10.6 Å². The molecule has 0 saturated heterocycles. The summed E-state index contributed by atoms with van der Waals surface area (Å²) in [5, 5.41) is 5.65. The van der Waals surface area contributed by atoms with Gasteiger partial charge in [-0.25, -0.2) is 0 Å². The third-order valence-electron chi connectivity index (χ3n) is 2.45. The number of ether oxygens (including phenoxy) is 2. The number of benzene rings is 1. The van der Waals surface area contributed by atoms with Crippen LogP contribution in [0.2, 0.25) is 0 Å². The molecule has 0 radical (unpaired) electrons. The first-order valence-corrected chi connectivity index (χ1v) is 5.32. The lowest BCUT2D eigenvalue weighted by Crippen LogP contribution is -2.35. The van der Waals surface area contributed by atoms with Gasteiger partial charge < -0.3 is 20.1 Å². The fraction of sp³-hybridized carbons (Fsp3) is 0.417. The van der Waals surface area contributed by atoms with Crippen LogP contribution in [0.1, 0.15) is 6.92 Å². The Hall–Kier alpha value is -1.75. The zero-order valence-corrected chi connectivity index (χ0v) is 10.5. The van der Waals surface area contributed by atoms with Crippen molar-refractivity contribution in [3.63, 3.8) is 0 Å². The van der Waals surface area contributed by atoms with E-state index in [1.165, 1.54) is 0 Å². The number of hydrogen-bond acceptors (Lipinski definition) is 4. The molecule has 0 bridgehead atoms. The molecule has 1 aromatic carbocycles. The zero-order chi connectivity index (χ0) is 12.8. The standard InChI is InChI=1S/C12H18N2O3/c1-8(13-2)12(15)14-9-5-10(16-3)7-11(6-9)17-4/h5-8,13H,1-4H3,(H,14,15). The van der Waals surface area contributed by atoms with Gasteiger partial charge in [-0.1, -0.05) is 0 Å². The van der Waals surface area contributed by atoms with Crippen LogP contribution in [0.3, 0.4) is 0 Å². The molecule has 2 N–H and O–H groups in total. The van der Waals surface area contributed by atoms with Crippen molar-refractivity contribution in [3.8, 4) is 11.5 Å². The van der Waals surface area contributed by atoms with E-state index >= 15 is 0 Å². The van der Waals surface area contributed by atoms with Crippen molar-refractivity contribution in [1.82, 2.24) is 5.32 Å². The summed E-state index contributed by atoms with van der Waals surface area (Å²) in [5.41, 5.74) is 0.647. The maximum Gasteiger partial charge on any atom is 0.241 e. The quantitative estimate of drug-likeness (QED) is 0.810. The van der Waals surface area contributed by atoms with E-state index < -0.39 is 0 Å². The van der Waals surface area contributed by atoms with Crippen LogP contribution in [-0.2, 0) is 4.79 Å². The molecule has 0 saturated carbocycles. The molecule has 0 aliphatic carbocycles. The average Bonchev–Trinajstić information content (AvgIpc) is 2.36. The van der Waals surface area contributed by atoms with E-state index in [1.54, 1.807) is 46.4 Å². The van der Waals surface area contributed by atoms with Gasteiger partial charge in [0.2, 0.25) is 5.91 Å². The number of nitrogens with one attached hydrogen (secondary N) is 2. The summed E-state index contributed by atoms with van der Waals surface area (Å²) < 4.78 is 10.2. The van der Waals surface area contributed by atoms with Crippen molar-refractivity contribution in [1.29, 1.82) is 0 Å². The molecule has 0 heterocycles. The summed E-state index contributed by atoms with van der Waals surface area (Å²) >= 11 is 0. The molecule has 0 fully saturated rings. The minimum Gasteiger partial charge on any atom is -0.497 e. The molecular weight excluding hydrogens is 220 g/mol. The molecule has 0 spiro atoms. The van der Waals surface area contributed by atoms with Gasteiger partial charge >= 0.3 is 0 Å². The van der Waals surface area contributed by atoms with E-state index in [0.717, 1.165) is 0 Å². The summed E-state index contributed by atoms with van der Waals surface area (Å²) in [6.45, 7) is 1.78. The number of carbonyl (C=O) groups is 1. The van der Waals surface area contributed by atoms with Gasteiger partial charge in [-0.2, -0.15) is 0 Å². The highest BCUT2D eigenvalue weighted by atomic mass is 16.5. The largest absolute Gasteiger partial charge is 0.497 e. The van der Waals surface area contributed by atoms with Gasteiger partial charge in [0.25, 0.3) is 0 Å². The van der Waals surface area contributed by atoms with Gasteiger partial charge in [-0.05, 0) is 14.0 Å². The maximum atomic E-state index is 11.7. The van der Waals surface area contributed by atoms with E-state index in [-0.39, 0.29) is 11.9 Å². The molecule has 1 aromatic rings. The predicted octanol–water partition coefficient (Wildman–Crippen LogP) is 1.25. The van der Waals surface area contributed by atoms with Gasteiger partial charge in [-0.15, -0.1) is 0 Å². The smallest absolute Gasteiger partial charge is 0.241 e. The molecule has 5 nitrogen and oxygen atoms in total. The molecule has 0 aliphatic heterocycles. The molecule has 1 atom stereocenters. The molecule has 0 aromatic heterocycles. The number of amides is 1. The van der Waals surface area contributed by atoms with Gasteiger partial charge in [0.05, 0.1) is 20.3 Å². The Bertz CT molecular complexity index is 371. The SMILES string of the molecule is CNC(C)C(=O)Nc1cc(OC)cc(OC)c1. The number of rotatable bonds is 5. The second-order valence-electron chi connectivity index (χ2n) is 3.60. The third-order valence-corrected chi connectivity index (χ3v) is 2.45. The molecular formula is C12H18N2O3. The van der Waals surface area contributed by atoms with Gasteiger partial charge in [0.1, 0.15) is 11.5 Å². The first-order valence-electron chi connectivity index (χ1n) is 5.32. The Labute approximate surface area is 101 Å². The zero-order valence-electron chi connectivity index (χ0n) is 10.5. The monoisotopic (exact) mass is 238 g/mol. The lowest BCUT2D eigenvalue weighted by atomic mass is 10.2. The van der Waals surface area contributed by atoms with Crippen molar-refractivity contribution in [2.75, 3.05) is 26.6 Å². The second-order valence-corrected chi connectivity index (χ2v) is 3.60. The first kappa shape index (κ1) is 13.3. The van der Waals surface area contributed by atoms with Crippen LogP contribution in [0.25, 0.3) is 0 Å². The van der Waals surface area contributed by atoms with Crippen LogP contribution in [0.5, 0.6) is 11.5 Å².